The molecular formula is C14H12IN3O2. The molecule has 0 spiro atoms. The normalized spacial score (nSPS) is 10.8. The van der Waals surface area contributed by atoms with E-state index in [4.69, 9.17) is 4.42 Å². The van der Waals surface area contributed by atoms with E-state index in [-0.39, 0.29) is 5.91 Å². The number of amides is 1. The average molecular weight is 381 g/mol. The Hall–Kier alpha value is -1.83. The molecule has 0 radical (unpaired) electrons. The van der Waals surface area contributed by atoms with Gasteiger partial charge in [0.05, 0.1) is 6.26 Å². The third-order valence-electron chi connectivity index (χ3n) is 3.01. The lowest BCUT2D eigenvalue weighted by molar-refractivity contribution is 0.0926. The van der Waals surface area contributed by atoms with Crippen molar-refractivity contribution in [3.63, 3.8) is 0 Å². The predicted molar refractivity (Wildman–Crippen MR) is 83.6 cm³/mol. The number of aromatic nitrogens is 2. The third-order valence-corrected chi connectivity index (χ3v) is 3.60. The monoisotopic (exact) mass is 381 g/mol. The first-order valence-electron chi connectivity index (χ1n) is 6.17. The second kappa shape index (κ2) is 5.66. The fraction of sp³-hybridized carbons (Fsp3) is 0.143. The molecule has 3 rings (SSSR count). The second-order valence-electron chi connectivity index (χ2n) is 4.35. The highest BCUT2D eigenvalue weighted by molar-refractivity contribution is 14.1. The molecule has 6 heteroatoms. The lowest BCUT2D eigenvalue weighted by atomic mass is 10.1. The van der Waals surface area contributed by atoms with Crippen molar-refractivity contribution in [1.29, 1.82) is 0 Å². The molecule has 0 aliphatic carbocycles. The molecule has 0 aliphatic rings. The summed E-state index contributed by atoms with van der Waals surface area (Å²) in [6.07, 6.45) is 5.99. The van der Waals surface area contributed by atoms with Crippen LogP contribution in [0, 0.1) is 3.57 Å². The van der Waals surface area contributed by atoms with Crippen LogP contribution in [-0.2, 0) is 6.42 Å². The first-order valence-corrected chi connectivity index (χ1v) is 7.25. The van der Waals surface area contributed by atoms with Gasteiger partial charge in [-0.25, -0.2) is 4.98 Å². The Balaban J connectivity index is 1.65. The molecule has 0 saturated heterocycles. The summed E-state index contributed by atoms with van der Waals surface area (Å²) in [4.78, 5) is 19.2. The summed E-state index contributed by atoms with van der Waals surface area (Å²) in [5.41, 5.74) is 2.02. The van der Waals surface area contributed by atoms with E-state index < -0.39 is 0 Å². The van der Waals surface area contributed by atoms with Crippen molar-refractivity contribution < 1.29 is 9.21 Å². The fourth-order valence-electron chi connectivity index (χ4n) is 2.04. The van der Waals surface area contributed by atoms with Crippen LogP contribution < -0.4 is 5.32 Å². The zero-order chi connectivity index (χ0) is 13.9. The number of nitrogens with zero attached hydrogens (tertiary/aromatic N) is 1. The zero-order valence-corrected chi connectivity index (χ0v) is 12.7. The summed E-state index contributed by atoms with van der Waals surface area (Å²) in [5.74, 6) is 0.141. The van der Waals surface area contributed by atoms with Gasteiger partial charge in [0.2, 0.25) is 0 Å². The molecule has 0 aromatic carbocycles. The molecular weight excluding hydrogens is 369 g/mol. The molecule has 3 aromatic rings. The number of hydrogen-bond acceptors (Lipinski definition) is 3. The largest absolute Gasteiger partial charge is 0.459 e. The minimum atomic E-state index is -0.192. The van der Waals surface area contributed by atoms with Crippen molar-refractivity contribution in [1.82, 2.24) is 15.3 Å². The molecule has 0 bridgehead atoms. The molecule has 3 heterocycles. The van der Waals surface area contributed by atoms with Crippen LogP contribution in [0.1, 0.15) is 16.1 Å². The maximum Gasteiger partial charge on any atom is 0.286 e. The molecule has 0 atom stereocenters. The van der Waals surface area contributed by atoms with Gasteiger partial charge in [-0.15, -0.1) is 0 Å². The first-order chi connectivity index (χ1) is 9.74. The minimum Gasteiger partial charge on any atom is -0.459 e. The van der Waals surface area contributed by atoms with Gasteiger partial charge < -0.3 is 14.7 Å². The Labute approximate surface area is 128 Å². The minimum absolute atomic E-state index is 0.192. The quantitative estimate of drug-likeness (QED) is 0.683. The number of rotatable bonds is 4. The number of H-pyrrole nitrogens is 1. The number of nitrogens with one attached hydrogen (secondary N) is 2. The number of aromatic amines is 1. The Morgan fingerprint density at radius 2 is 2.40 bits per heavy atom. The number of fused-ring (bicyclic) bond motifs is 1. The van der Waals surface area contributed by atoms with Gasteiger partial charge in [0.25, 0.3) is 5.91 Å². The van der Waals surface area contributed by atoms with Gasteiger partial charge in [-0.2, -0.15) is 0 Å². The van der Waals surface area contributed by atoms with Gasteiger partial charge >= 0.3 is 0 Å². The molecule has 0 fully saturated rings. The molecule has 1 amide bonds. The van der Waals surface area contributed by atoms with Crippen LogP contribution in [0.15, 0.2) is 41.3 Å². The third kappa shape index (κ3) is 2.69. The Morgan fingerprint density at radius 1 is 1.50 bits per heavy atom. The van der Waals surface area contributed by atoms with E-state index in [2.05, 4.69) is 43.9 Å². The van der Waals surface area contributed by atoms with E-state index in [9.17, 15) is 4.79 Å². The molecule has 3 aromatic heterocycles. The SMILES string of the molecule is O=C(NCCc1c[nH]c2ncc(I)cc12)c1ccco1. The number of furan rings is 1. The van der Waals surface area contributed by atoms with Gasteiger partial charge in [0.1, 0.15) is 5.65 Å². The van der Waals surface area contributed by atoms with E-state index in [0.717, 1.165) is 26.6 Å². The standard InChI is InChI=1S/C14H12IN3O2/c15-10-6-11-9(7-17-13(11)18-8-10)3-4-16-14(19)12-2-1-5-20-12/h1-2,5-8H,3-4H2,(H,16,19)(H,17,18). The summed E-state index contributed by atoms with van der Waals surface area (Å²) >= 11 is 2.24. The van der Waals surface area contributed by atoms with E-state index >= 15 is 0 Å². The highest BCUT2D eigenvalue weighted by Crippen LogP contribution is 2.18. The summed E-state index contributed by atoms with van der Waals surface area (Å²) in [7, 11) is 0. The Morgan fingerprint density at radius 3 is 3.20 bits per heavy atom. The molecule has 0 unspecified atom stereocenters. The van der Waals surface area contributed by atoms with Crippen LogP contribution in [0.2, 0.25) is 0 Å². The molecule has 0 aliphatic heterocycles. The molecule has 20 heavy (non-hydrogen) atoms. The van der Waals surface area contributed by atoms with Crippen LogP contribution in [0.4, 0.5) is 0 Å². The van der Waals surface area contributed by atoms with E-state index in [1.807, 2.05) is 12.4 Å². The molecule has 5 nitrogen and oxygen atoms in total. The fourth-order valence-corrected chi connectivity index (χ4v) is 2.50. The predicted octanol–water partition coefficient (Wildman–Crippen LogP) is 2.73. The highest BCUT2D eigenvalue weighted by atomic mass is 127. The summed E-state index contributed by atoms with van der Waals surface area (Å²) in [5, 5.41) is 3.93. The number of carbonyl (C=O) groups excluding carboxylic acids is 1. The summed E-state index contributed by atoms with van der Waals surface area (Å²) < 4.78 is 6.13. The second-order valence-corrected chi connectivity index (χ2v) is 5.59. The van der Waals surface area contributed by atoms with E-state index in [0.29, 0.717) is 12.3 Å². The average Bonchev–Trinajstić information content (AvgIpc) is 3.08. The number of carbonyl (C=O) groups is 1. The van der Waals surface area contributed by atoms with Gasteiger partial charge in [-0.05, 0) is 52.8 Å². The smallest absolute Gasteiger partial charge is 0.286 e. The highest BCUT2D eigenvalue weighted by Gasteiger charge is 2.09. The van der Waals surface area contributed by atoms with Crippen molar-refractivity contribution in [3.8, 4) is 0 Å². The van der Waals surface area contributed by atoms with Crippen molar-refractivity contribution in [2.75, 3.05) is 6.54 Å². The van der Waals surface area contributed by atoms with Gasteiger partial charge in [-0.3, -0.25) is 4.79 Å². The number of pyridine rings is 1. The lowest BCUT2D eigenvalue weighted by Crippen LogP contribution is -2.25. The maximum absolute atomic E-state index is 11.7. The maximum atomic E-state index is 11.7. The molecule has 0 saturated carbocycles. The van der Waals surface area contributed by atoms with Gasteiger partial charge in [-0.1, -0.05) is 0 Å². The van der Waals surface area contributed by atoms with Crippen LogP contribution >= 0.6 is 22.6 Å². The van der Waals surface area contributed by atoms with Crippen LogP contribution in [0.3, 0.4) is 0 Å². The zero-order valence-electron chi connectivity index (χ0n) is 10.5. The first kappa shape index (κ1) is 13.2. The summed E-state index contributed by atoms with van der Waals surface area (Å²) in [6, 6.07) is 5.43. The van der Waals surface area contributed by atoms with Crippen LogP contribution in [0.25, 0.3) is 11.0 Å². The Bertz CT molecular complexity index is 734. The van der Waals surface area contributed by atoms with E-state index in [1.165, 1.54) is 6.26 Å². The van der Waals surface area contributed by atoms with Crippen molar-refractivity contribution in [2.45, 2.75) is 6.42 Å². The molecule has 2 N–H and O–H groups in total. The van der Waals surface area contributed by atoms with E-state index in [1.54, 1.807) is 12.1 Å². The molecule has 102 valence electrons. The Kier molecular flexibility index (Phi) is 3.72. The van der Waals surface area contributed by atoms with Gasteiger partial charge in [0.15, 0.2) is 5.76 Å². The van der Waals surface area contributed by atoms with Gasteiger partial charge in [0, 0.05) is 27.9 Å². The summed E-state index contributed by atoms with van der Waals surface area (Å²) in [6.45, 7) is 0.554. The van der Waals surface area contributed by atoms with Crippen molar-refractivity contribution >= 4 is 39.5 Å². The van der Waals surface area contributed by atoms with Crippen molar-refractivity contribution in [3.05, 3.63) is 51.7 Å². The van der Waals surface area contributed by atoms with Crippen LogP contribution in [-0.4, -0.2) is 22.4 Å². The van der Waals surface area contributed by atoms with Crippen molar-refractivity contribution in [2.24, 2.45) is 0 Å². The number of halogens is 1. The topological polar surface area (TPSA) is 70.9 Å². The lowest BCUT2D eigenvalue weighted by Gasteiger charge is -2.02. The van der Waals surface area contributed by atoms with Crippen LogP contribution in [0.5, 0.6) is 0 Å². The number of hydrogen-bond donors (Lipinski definition) is 2.